The van der Waals surface area contributed by atoms with Crippen molar-refractivity contribution in [1.82, 2.24) is 13.9 Å². The van der Waals surface area contributed by atoms with Crippen LogP contribution in [0.25, 0.3) is 0 Å². The minimum Gasteiger partial charge on any atom is -0.314 e. The van der Waals surface area contributed by atoms with Gasteiger partial charge in [-0.05, 0) is 25.2 Å². The summed E-state index contributed by atoms with van der Waals surface area (Å²) < 4.78 is 28.7. The molecule has 0 bridgehead atoms. The second-order valence-corrected chi connectivity index (χ2v) is 7.82. The fourth-order valence-electron chi connectivity index (χ4n) is 3.11. The highest BCUT2D eigenvalue weighted by Crippen LogP contribution is 2.25. The van der Waals surface area contributed by atoms with Crippen molar-refractivity contribution in [2.24, 2.45) is 11.8 Å². The average Bonchev–Trinajstić information content (AvgIpc) is 2.28. The van der Waals surface area contributed by atoms with Gasteiger partial charge in [0.15, 0.2) is 0 Å². The van der Waals surface area contributed by atoms with Crippen LogP contribution in [0.2, 0.25) is 0 Å². The summed E-state index contributed by atoms with van der Waals surface area (Å²) in [5.74, 6) is 0.920. The first kappa shape index (κ1) is 14.2. The van der Waals surface area contributed by atoms with E-state index in [4.69, 9.17) is 0 Å². The molecule has 106 valence electrons. The van der Waals surface area contributed by atoms with E-state index in [0.29, 0.717) is 31.5 Å². The molecule has 0 spiro atoms. The van der Waals surface area contributed by atoms with Gasteiger partial charge >= 0.3 is 0 Å². The van der Waals surface area contributed by atoms with E-state index in [1.807, 2.05) is 6.92 Å². The average molecular weight is 275 g/mol. The summed E-state index contributed by atoms with van der Waals surface area (Å²) in [6.45, 7) is 9.68. The molecule has 2 aliphatic rings. The van der Waals surface area contributed by atoms with Crippen molar-refractivity contribution >= 4 is 10.2 Å². The van der Waals surface area contributed by atoms with Gasteiger partial charge in [-0.2, -0.15) is 17.0 Å². The van der Waals surface area contributed by atoms with Crippen LogP contribution in [0.4, 0.5) is 0 Å². The van der Waals surface area contributed by atoms with E-state index < -0.39 is 10.2 Å². The third-order valence-electron chi connectivity index (χ3n) is 3.90. The quantitative estimate of drug-likeness (QED) is 0.798. The molecule has 2 heterocycles. The molecule has 0 aromatic rings. The van der Waals surface area contributed by atoms with Crippen LogP contribution in [-0.2, 0) is 10.2 Å². The zero-order valence-electron chi connectivity index (χ0n) is 11.6. The number of nitrogens with zero attached hydrogens (tertiary/aromatic N) is 2. The van der Waals surface area contributed by atoms with Gasteiger partial charge in [-0.25, -0.2) is 0 Å². The highest BCUT2D eigenvalue weighted by molar-refractivity contribution is 7.86. The molecular formula is C12H25N3O2S. The van der Waals surface area contributed by atoms with Gasteiger partial charge in [0.25, 0.3) is 10.2 Å². The highest BCUT2D eigenvalue weighted by atomic mass is 32.2. The van der Waals surface area contributed by atoms with Crippen LogP contribution in [0.5, 0.6) is 0 Å². The summed E-state index contributed by atoms with van der Waals surface area (Å²) >= 11 is 0. The first-order chi connectivity index (χ1) is 8.41. The molecule has 2 saturated heterocycles. The lowest BCUT2D eigenvalue weighted by Crippen LogP contribution is -2.58. The van der Waals surface area contributed by atoms with Crippen LogP contribution in [-0.4, -0.2) is 55.8 Å². The monoisotopic (exact) mass is 275 g/mol. The topological polar surface area (TPSA) is 52.7 Å². The molecule has 2 rings (SSSR count). The van der Waals surface area contributed by atoms with E-state index in [-0.39, 0.29) is 6.04 Å². The molecule has 18 heavy (non-hydrogen) atoms. The number of piperidine rings is 1. The van der Waals surface area contributed by atoms with E-state index in [2.05, 4.69) is 19.2 Å². The molecule has 6 heteroatoms. The Kier molecular flexibility index (Phi) is 4.31. The smallest absolute Gasteiger partial charge is 0.282 e. The number of rotatable bonds is 2. The lowest BCUT2D eigenvalue weighted by Gasteiger charge is -2.40. The lowest BCUT2D eigenvalue weighted by atomic mass is 9.94. The van der Waals surface area contributed by atoms with E-state index in [1.165, 1.54) is 0 Å². The Balaban J connectivity index is 2.14. The molecule has 0 saturated carbocycles. The Hall–Kier alpha value is -0.170. The van der Waals surface area contributed by atoms with Crippen molar-refractivity contribution in [3.05, 3.63) is 0 Å². The maximum Gasteiger partial charge on any atom is 0.282 e. The Morgan fingerprint density at radius 3 is 2.28 bits per heavy atom. The third-order valence-corrected chi connectivity index (χ3v) is 5.98. The Labute approximate surface area is 111 Å². The van der Waals surface area contributed by atoms with E-state index in [0.717, 1.165) is 19.5 Å². The number of nitrogens with one attached hydrogen (secondary N) is 1. The fourth-order valence-corrected chi connectivity index (χ4v) is 5.14. The van der Waals surface area contributed by atoms with Crippen LogP contribution in [0.3, 0.4) is 0 Å². The SMILES string of the molecule is CC1CC(C)CN(S(=O)(=O)N2CCNC[C@H]2C)C1. The normalized spacial score (nSPS) is 36.7. The number of piperazine rings is 1. The van der Waals surface area contributed by atoms with Gasteiger partial charge in [-0.3, -0.25) is 0 Å². The summed E-state index contributed by atoms with van der Waals surface area (Å²) in [5, 5.41) is 3.23. The molecule has 2 unspecified atom stereocenters. The van der Waals surface area contributed by atoms with Crippen molar-refractivity contribution in [3.8, 4) is 0 Å². The van der Waals surface area contributed by atoms with Gasteiger partial charge < -0.3 is 5.32 Å². The zero-order valence-corrected chi connectivity index (χ0v) is 12.4. The van der Waals surface area contributed by atoms with E-state index in [9.17, 15) is 8.42 Å². The van der Waals surface area contributed by atoms with Crippen molar-refractivity contribution in [2.75, 3.05) is 32.7 Å². The van der Waals surface area contributed by atoms with Gasteiger partial charge in [0, 0.05) is 38.8 Å². The van der Waals surface area contributed by atoms with Crippen LogP contribution in [0.1, 0.15) is 27.2 Å². The summed E-state index contributed by atoms with van der Waals surface area (Å²) in [7, 11) is -3.27. The summed E-state index contributed by atoms with van der Waals surface area (Å²) in [5.41, 5.74) is 0. The maximum atomic E-state index is 12.7. The zero-order chi connectivity index (χ0) is 13.3. The Bertz CT molecular complexity index is 375. The molecule has 2 fully saturated rings. The van der Waals surface area contributed by atoms with Gasteiger partial charge in [-0.1, -0.05) is 13.8 Å². The molecule has 0 amide bonds. The summed E-state index contributed by atoms with van der Waals surface area (Å²) in [6, 6.07) is 0.0521. The van der Waals surface area contributed by atoms with Crippen molar-refractivity contribution in [2.45, 2.75) is 33.2 Å². The predicted octanol–water partition coefficient (Wildman–Crippen LogP) is 0.503. The van der Waals surface area contributed by atoms with Gasteiger partial charge in [0.05, 0.1) is 0 Å². The lowest BCUT2D eigenvalue weighted by molar-refractivity contribution is 0.194. The van der Waals surface area contributed by atoms with E-state index in [1.54, 1.807) is 8.61 Å². The maximum absolute atomic E-state index is 12.7. The van der Waals surface area contributed by atoms with Crippen LogP contribution in [0.15, 0.2) is 0 Å². The fraction of sp³-hybridized carbons (Fsp3) is 1.00. The predicted molar refractivity (Wildman–Crippen MR) is 72.5 cm³/mol. The Morgan fingerprint density at radius 2 is 1.72 bits per heavy atom. The molecule has 0 aromatic heterocycles. The molecule has 3 atom stereocenters. The van der Waals surface area contributed by atoms with Crippen molar-refractivity contribution in [3.63, 3.8) is 0 Å². The largest absolute Gasteiger partial charge is 0.314 e. The molecule has 5 nitrogen and oxygen atoms in total. The van der Waals surface area contributed by atoms with Gasteiger partial charge in [0.2, 0.25) is 0 Å². The highest BCUT2D eigenvalue weighted by Gasteiger charge is 2.37. The molecule has 0 aromatic carbocycles. The summed E-state index contributed by atoms with van der Waals surface area (Å²) in [4.78, 5) is 0. The molecule has 0 radical (unpaired) electrons. The van der Waals surface area contributed by atoms with Crippen molar-refractivity contribution < 1.29 is 8.42 Å². The van der Waals surface area contributed by atoms with E-state index >= 15 is 0 Å². The number of hydrogen-bond acceptors (Lipinski definition) is 3. The standard InChI is InChI=1S/C12H25N3O2S/c1-10-6-11(2)9-14(8-10)18(16,17)15-5-4-13-7-12(15)3/h10-13H,4-9H2,1-3H3/t10?,11?,12-/m1/s1. The first-order valence-electron chi connectivity index (χ1n) is 6.89. The van der Waals surface area contributed by atoms with Crippen LogP contribution in [0, 0.1) is 11.8 Å². The minimum absolute atomic E-state index is 0.0521. The van der Waals surface area contributed by atoms with Gasteiger partial charge in [-0.15, -0.1) is 0 Å². The van der Waals surface area contributed by atoms with Crippen LogP contribution >= 0.6 is 0 Å². The molecule has 0 aliphatic carbocycles. The first-order valence-corrected chi connectivity index (χ1v) is 8.28. The number of hydrogen-bond donors (Lipinski definition) is 1. The Morgan fingerprint density at radius 1 is 1.11 bits per heavy atom. The van der Waals surface area contributed by atoms with Crippen molar-refractivity contribution in [1.29, 1.82) is 0 Å². The third kappa shape index (κ3) is 2.87. The summed E-state index contributed by atoms with van der Waals surface area (Å²) in [6.07, 6.45) is 1.13. The molecular weight excluding hydrogens is 250 g/mol. The van der Waals surface area contributed by atoms with Gasteiger partial charge in [0.1, 0.15) is 0 Å². The second kappa shape index (κ2) is 5.45. The molecule has 2 aliphatic heterocycles. The molecule has 1 N–H and O–H groups in total. The second-order valence-electron chi connectivity index (χ2n) is 5.93. The minimum atomic E-state index is -3.27. The van der Waals surface area contributed by atoms with Crippen LogP contribution < -0.4 is 5.32 Å².